The number of benzene rings is 3. The molecule has 1 atom stereocenters. The SMILES string of the molecule is COc1ccccc1C(=O)NCc1ccc2c(c1)N(C(=O)c1ccccc1)[C@@H](C)C2. The molecule has 0 unspecified atom stereocenters. The molecule has 5 heteroatoms. The second kappa shape index (κ2) is 8.41. The number of carbonyl (C=O) groups excluding carboxylic acids is 2. The molecular weight excluding hydrogens is 376 g/mol. The maximum atomic E-state index is 13.1. The Morgan fingerprint density at radius 1 is 1.03 bits per heavy atom. The van der Waals surface area contributed by atoms with Gasteiger partial charge in [0.05, 0.1) is 12.7 Å². The van der Waals surface area contributed by atoms with Gasteiger partial charge in [0.1, 0.15) is 5.75 Å². The van der Waals surface area contributed by atoms with Crippen LogP contribution in [0, 0.1) is 0 Å². The van der Waals surface area contributed by atoms with E-state index in [4.69, 9.17) is 4.74 Å². The normalized spacial score (nSPS) is 14.9. The number of ether oxygens (including phenoxy) is 1. The number of nitrogens with one attached hydrogen (secondary N) is 1. The van der Waals surface area contributed by atoms with E-state index < -0.39 is 0 Å². The predicted molar refractivity (Wildman–Crippen MR) is 117 cm³/mol. The first-order valence-electron chi connectivity index (χ1n) is 10.00. The Bertz CT molecular complexity index is 1080. The molecule has 1 heterocycles. The van der Waals surface area contributed by atoms with Crippen LogP contribution in [0.2, 0.25) is 0 Å². The van der Waals surface area contributed by atoms with Gasteiger partial charge in [-0.15, -0.1) is 0 Å². The van der Waals surface area contributed by atoms with Crippen LogP contribution in [0.3, 0.4) is 0 Å². The maximum absolute atomic E-state index is 13.1. The van der Waals surface area contributed by atoms with E-state index in [2.05, 4.69) is 18.3 Å². The van der Waals surface area contributed by atoms with E-state index in [1.54, 1.807) is 25.3 Å². The lowest BCUT2D eigenvalue weighted by Gasteiger charge is -2.23. The third-order valence-corrected chi connectivity index (χ3v) is 5.41. The zero-order chi connectivity index (χ0) is 21.1. The van der Waals surface area contributed by atoms with Gasteiger partial charge < -0.3 is 15.0 Å². The van der Waals surface area contributed by atoms with Crippen LogP contribution >= 0.6 is 0 Å². The number of rotatable bonds is 5. The molecule has 0 fully saturated rings. The number of hydrogen-bond acceptors (Lipinski definition) is 3. The van der Waals surface area contributed by atoms with Crippen molar-refractivity contribution in [3.63, 3.8) is 0 Å². The highest BCUT2D eigenvalue weighted by molar-refractivity contribution is 6.07. The fourth-order valence-corrected chi connectivity index (χ4v) is 3.90. The molecule has 3 aromatic rings. The third kappa shape index (κ3) is 3.79. The Labute approximate surface area is 176 Å². The van der Waals surface area contributed by atoms with Crippen LogP contribution < -0.4 is 15.0 Å². The molecule has 4 rings (SSSR count). The van der Waals surface area contributed by atoms with Gasteiger partial charge in [-0.1, -0.05) is 42.5 Å². The number of hydrogen-bond donors (Lipinski definition) is 1. The van der Waals surface area contributed by atoms with Crippen molar-refractivity contribution in [2.24, 2.45) is 0 Å². The van der Waals surface area contributed by atoms with E-state index in [1.807, 2.05) is 53.4 Å². The Hall–Kier alpha value is -3.60. The fraction of sp³-hybridized carbons (Fsp3) is 0.200. The van der Waals surface area contributed by atoms with Crippen LogP contribution in [0.1, 0.15) is 38.8 Å². The second-order valence-corrected chi connectivity index (χ2v) is 7.44. The van der Waals surface area contributed by atoms with Gasteiger partial charge in [-0.3, -0.25) is 9.59 Å². The number of fused-ring (bicyclic) bond motifs is 1. The summed E-state index contributed by atoms with van der Waals surface area (Å²) in [6, 6.07) is 22.6. The van der Waals surface area contributed by atoms with Crippen molar-refractivity contribution in [1.29, 1.82) is 0 Å². The second-order valence-electron chi connectivity index (χ2n) is 7.44. The summed E-state index contributed by atoms with van der Waals surface area (Å²) in [4.78, 5) is 27.5. The van der Waals surface area contributed by atoms with Gasteiger partial charge in [-0.2, -0.15) is 0 Å². The number of amides is 2. The molecule has 0 saturated heterocycles. The van der Waals surface area contributed by atoms with Crippen LogP contribution in [0.5, 0.6) is 5.75 Å². The molecule has 30 heavy (non-hydrogen) atoms. The first-order valence-corrected chi connectivity index (χ1v) is 10.00. The fourth-order valence-electron chi connectivity index (χ4n) is 3.90. The number of carbonyl (C=O) groups is 2. The summed E-state index contributed by atoms with van der Waals surface area (Å²) in [5.74, 6) is 0.341. The number of anilines is 1. The Morgan fingerprint density at radius 3 is 2.53 bits per heavy atom. The van der Waals surface area contributed by atoms with Crippen LogP contribution in [0.25, 0.3) is 0 Å². The van der Waals surface area contributed by atoms with Crippen molar-refractivity contribution >= 4 is 17.5 Å². The smallest absolute Gasteiger partial charge is 0.258 e. The first kappa shape index (κ1) is 19.7. The van der Waals surface area contributed by atoms with Crippen molar-refractivity contribution in [2.45, 2.75) is 25.9 Å². The van der Waals surface area contributed by atoms with Crippen molar-refractivity contribution < 1.29 is 14.3 Å². The molecule has 2 amide bonds. The Kier molecular flexibility index (Phi) is 5.53. The van der Waals surface area contributed by atoms with Crippen molar-refractivity contribution in [3.8, 4) is 5.75 Å². The monoisotopic (exact) mass is 400 g/mol. The molecule has 1 N–H and O–H groups in total. The van der Waals surface area contributed by atoms with Gasteiger partial charge in [0.25, 0.3) is 11.8 Å². The molecule has 0 spiro atoms. The van der Waals surface area contributed by atoms with Crippen molar-refractivity contribution in [3.05, 3.63) is 95.1 Å². The molecule has 1 aliphatic rings. The lowest BCUT2D eigenvalue weighted by molar-refractivity contribution is 0.0945. The highest BCUT2D eigenvalue weighted by atomic mass is 16.5. The summed E-state index contributed by atoms with van der Waals surface area (Å²) in [5, 5.41) is 2.95. The minimum atomic E-state index is -0.196. The molecule has 0 radical (unpaired) electrons. The maximum Gasteiger partial charge on any atom is 0.258 e. The third-order valence-electron chi connectivity index (χ3n) is 5.41. The molecule has 1 aliphatic heterocycles. The summed E-state index contributed by atoms with van der Waals surface area (Å²) in [7, 11) is 1.55. The molecule has 3 aromatic carbocycles. The average molecular weight is 400 g/mol. The quantitative estimate of drug-likeness (QED) is 0.698. The molecule has 0 aromatic heterocycles. The van der Waals surface area contributed by atoms with E-state index in [0.29, 0.717) is 23.4 Å². The number of para-hydroxylation sites is 1. The number of methoxy groups -OCH3 is 1. The molecule has 5 nitrogen and oxygen atoms in total. The van der Waals surface area contributed by atoms with Gasteiger partial charge in [0.15, 0.2) is 0 Å². The summed E-state index contributed by atoms with van der Waals surface area (Å²) >= 11 is 0. The van der Waals surface area contributed by atoms with E-state index in [0.717, 1.165) is 23.2 Å². The summed E-state index contributed by atoms with van der Waals surface area (Å²) < 4.78 is 5.27. The Balaban J connectivity index is 1.53. The summed E-state index contributed by atoms with van der Waals surface area (Å²) in [6.07, 6.45) is 0.821. The summed E-state index contributed by atoms with van der Waals surface area (Å²) in [6.45, 7) is 2.43. The minimum Gasteiger partial charge on any atom is -0.496 e. The lowest BCUT2D eigenvalue weighted by Crippen LogP contribution is -2.35. The standard InChI is InChI=1S/C25H24N2O3/c1-17-14-20-13-12-18(16-26-24(28)21-10-6-7-11-23(21)30-2)15-22(20)27(17)25(29)19-8-4-3-5-9-19/h3-13,15,17H,14,16H2,1-2H3,(H,26,28)/t17-/m0/s1. The molecule has 0 aliphatic carbocycles. The van der Waals surface area contributed by atoms with Crippen LogP contribution in [0.4, 0.5) is 5.69 Å². The van der Waals surface area contributed by atoms with Crippen molar-refractivity contribution in [2.75, 3.05) is 12.0 Å². The van der Waals surface area contributed by atoms with E-state index >= 15 is 0 Å². The highest BCUT2D eigenvalue weighted by Gasteiger charge is 2.31. The van der Waals surface area contributed by atoms with Crippen LogP contribution in [0.15, 0.2) is 72.8 Å². The van der Waals surface area contributed by atoms with E-state index in [1.165, 1.54) is 0 Å². The number of nitrogens with zero attached hydrogens (tertiary/aromatic N) is 1. The average Bonchev–Trinajstić information content (AvgIpc) is 3.12. The predicted octanol–water partition coefficient (Wildman–Crippen LogP) is 4.22. The van der Waals surface area contributed by atoms with Gasteiger partial charge in [0.2, 0.25) is 0 Å². The zero-order valence-corrected chi connectivity index (χ0v) is 17.1. The highest BCUT2D eigenvalue weighted by Crippen LogP contribution is 2.34. The minimum absolute atomic E-state index is 0.00272. The first-order chi connectivity index (χ1) is 14.6. The van der Waals surface area contributed by atoms with Gasteiger partial charge in [-0.25, -0.2) is 0 Å². The topological polar surface area (TPSA) is 58.6 Å². The molecule has 152 valence electrons. The molecular formula is C25H24N2O3. The van der Waals surface area contributed by atoms with E-state index in [9.17, 15) is 9.59 Å². The van der Waals surface area contributed by atoms with Crippen molar-refractivity contribution in [1.82, 2.24) is 5.32 Å². The zero-order valence-electron chi connectivity index (χ0n) is 17.1. The van der Waals surface area contributed by atoms with Crippen LogP contribution in [-0.4, -0.2) is 25.0 Å². The lowest BCUT2D eigenvalue weighted by atomic mass is 10.1. The molecule has 0 bridgehead atoms. The summed E-state index contributed by atoms with van der Waals surface area (Å²) in [5.41, 5.74) is 4.17. The van der Waals surface area contributed by atoms with Gasteiger partial charge in [-0.05, 0) is 54.8 Å². The van der Waals surface area contributed by atoms with Gasteiger partial charge in [0, 0.05) is 23.8 Å². The largest absolute Gasteiger partial charge is 0.496 e. The van der Waals surface area contributed by atoms with Crippen LogP contribution in [-0.2, 0) is 13.0 Å². The van der Waals surface area contributed by atoms with E-state index in [-0.39, 0.29) is 17.9 Å². The molecule has 0 saturated carbocycles. The van der Waals surface area contributed by atoms with Gasteiger partial charge >= 0.3 is 0 Å². The Morgan fingerprint density at radius 2 is 1.77 bits per heavy atom.